The Morgan fingerprint density at radius 1 is 0.800 bits per heavy atom. The highest BCUT2D eigenvalue weighted by Gasteiger charge is 2.14. The van der Waals surface area contributed by atoms with Gasteiger partial charge in [0.15, 0.2) is 0 Å². The number of hydrogen-bond donors (Lipinski definition) is 0. The summed E-state index contributed by atoms with van der Waals surface area (Å²) in [6, 6.07) is 10.6. The number of anilines is 1. The predicted molar refractivity (Wildman–Crippen MR) is 86.4 cm³/mol. The van der Waals surface area contributed by atoms with Gasteiger partial charge < -0.3 is 4.90 Å². The fourth-order valence-corrected chi connectivity index (χ4v) is 2.51. The largest absolute Gasteiger partial charge is 0.311 e. The first-order chi connectivity index (χ1) is 9.95. The molecule has 0 saturated heterocycles. The molecule has 0 aliphatic heterocycles. The SMILES string of the molecule is C1=CCC=CC(N(C2=CCCC=C2)c2ccccc2)=C1. The molecule has 0 aromatic heterocycles. The van der Waals surface area contributed by atoms with Crippen LogP contribution in [0.2, 0.25) is 0 Å². The lowest BCUT2D eigenvalue weighted by Crippen LogP contribution is -2.20. The van der Waals surface area contributed by atoms with Crippen LogP contribution in [0.4, 0.5) is 5.69 Å². The van der Waals surface area contributed by atoms with Crippen LogP contribution in [0.25, 0.3) is 0 Å². The number of nitrogens with zero attached hydrogens (tertiary/aromatic N) is 1. The first kappa shape index (κ1) is 12.7. The lowest BCUT2D eigenvalue weighted by atomic mass is 10.1. The topological polar surface area (TPSA) is 3.24 Å². The zero-order valence-corrected chi connectivity index (χ0v) is 11.6. The van der Waals surface area contributed by atoms with Gasteiger partial charge in [0.05, 0.1) is 0 Å². The Morgan fingerprint density at radius 3 is 2.45 bits per heavy atom. The first-order valence-electron chi connectivity index (χ1n) is 7.20. The monoisotopic (exact) mass is 261 g/mol. The normalized spacial score (nSPS) is 17.4. The van der Waals surface area contributed by atoms with Crippen molar-refractivity contribution in [2.45, 2.75) is 19.3 Å². The molecule has 0 fully saturated rings. The third-order valence-corrected chi connectivity index (χ3v) is 3.47. The summed E-state index contributed by atoms with van der Waals surface area (Å²) in [6.07, 6.45) is 20.9. The van der Waals surface area contributed by atoms with Crippen molar-refractivity contribution in [1.82, 2.24) is 0 Å². The van der Waals surface area contributed by atoms with Crippen molar-refractivity contribution in [3.63, 3.8) is 0 Å². The lowest BCUT2D eigenvalue weighted by Gasteiger charge is -2.28. The van der Waals surface area contributed by atoms with E-state index in [0.717, 1.165) is 19.3 Å². The molecule has 0 heterocycles. The van der Waals surface area contributed by atoms with Gasteiger partial charge in [0.1, 0.15) is 0 Å². The number of benzene rings is 1. The van der Waals surface area contributed by atoms with E-state index in [4.69, 9.17) is 0 Å². The van der Waals surface area contributed by atoms with Gasteiger partial charge in [-0.25, -0.2) is 0 Å². The maximum Gasteiger partial charge on any atom is 0.0461 e. The zero-order chi connectivity index (χ0) is 13.6. The van der Waals surface area contributed by atoms with E-state index >= 15 is 0 Å². The van der Waals surface area contributed by atoms with Crippen molar-refractivity contribution in [2.24, 2.45) is 0 Å². The number of allylic oxidation sites excluding steroid dienone is 8. The van der Waals surface area contributed by atoms with Crippen LogP contribution in [0.3, 0.4) is 0 Å². The van der Waals surface area contributed by atoms with Crippen molar-refractivity contribution >= 4 is 5.69 Å². The molecule has 1 aromatic rings. The van der Waals surface area contributed by atoms with E-state index in [1.54, 1.807) is 0 Å². The molecule has 1 nitrogen and oxygen atoms in total. The van der Waals surface area contributed by atoms with E-state index in [1.165, 1.54) is 17.1 Å². The third-order valence-electron chi connectivity index (χ3n) is 3.47. The second-order valence-corrected chi connectivity index (χ2v) is 4.94. The van der Waals surface area contributed by atoms with E-state index in [2.05, 4.69) is 83.8 Å². The minimum absolute atomic E-state index is 0.998. The highest BCUT2D eigenvalue weighted by molar-refractivity contribution is 5.63. The lowest BCUT2D eigenvalue weighted by molar-refractivity contribution is 0.986. The minimum Gasteiger partial charge on any atom is -0.311 e. The minimum atomic E-state index is 0.998. The summed E-state index contributed by atoms with van der Waals surface area (Å²) in [5.41, 5.74) is 3.67. The highest BCUT2D eigenvalue weighted by atomic mass is 15.1. The van der Waals surface area contributed by atoms with Gasteiger partial charge in [0.25, 0.3) is 0 Å². The third kappa shape index (κ3) is 2.83. The fourth-order valence-electron chi connectivity index (χ4n) is 2.51. The molecule has 2 aliphatic rings. The Labute approximate surface area is 120 Å². The standard InChI is InChI=1S/C19H19N/c1-2-6-12-17(11-5-1)20(18-13-7-3-8-14-18)19-15-9-4-10-16-19/h1,3,5-9,11-16H,2,4,10H2. The molecule has 3 rings (SSSR count). The molecule has 0 amide bonds. The molecule has 20 heavy (non-hydrogen) atoms. The summed E-state index contributed by atoms with van der Waals surface area (Å²) >= 11 is 0. The number of rotatable bonds is 3. The van der Waals surface area contributed by atoms with E-state index < -0.39 is 0 Å². The van der Waals surface area contributed by atoms with E-state index in [9.17, 15) is 0 Å². The van der Waals surface area contributed by atoms with Crippen LogP contribution in [0, 0.1) is 0 Å². The molecule has 2 aliphatic carbocycles. The summed E-state index contributed by atoms with van der Waals surface area (Å²) in [4.78, 5) is 2.32. The Balaban J connectivity index is 2.04. The Morgan fingerprint density at radius 2 is 1.65 bits per heavy atom. The van der Waals surface area contributed by atoms with Gasteiger partial charge >= 0.3 is 0 Å². The van der Waals surface area contributed by atoms with Gasteiger partial charge in [0.2, 0.25) is 0 Å². The van der Waals surface area contributed by atoms with Crippen LogP contribution in [-0.4, -0.2) is 0 Å². The van der Waals surface area contributed by atoms with E-state index in [-0.39, 0.29) is 0 Å². The van der Waals surface area contributed by atoms with Crippen LogP contribution >= 0.6 is 0 Å². The van der Waals surface area contributed by atoms with Crippen LogP contribution in [0.15, 0.2) is 90.3 Å². The first-order valence-corrected chi connectivity index (χ1v) is 7.20. The van der Waals surface area contributed by atoms with Gasteiger partial charge in [-0.15, -0.1) is 0 Å². The molecular formula is C19H19N. The van der Waals surface area contributed by atoms with Crippen molar-refractivity contribution in [3.05, 3.63) is 90.3 Å². The van der Waals surface area contributed by atoms with Gasteiger partial charge in [-0.3, -0.25) is 0 Å². The van der Waals surface area contributed by atoms with E-state index in [1.807, 2.05) is 0 Å². The fraction of sp³-hybridized carbons (Fsp3) is 0.158. The molecule has 0 atom stereocenters. The summed E-state index contributed by atoms with van der Waals surface area (Å²) in [5.74, 6) is 0. The van der Waals surface area contributed by atoms with Crippen LogP contribution in [0.1, 0.15) is 19.3 Å². The van der Waals surface area contributed by atoms with Gasteiger partial charge in [-0.2, -0.15) is 0 Å². The molecular weight excluding hydrogens is 242 g/mol. The smallest absolute Gasteiger partial charge is 0.0461 e. The van der Waals surface area contributed by atoms with Gasteiger partial charge in [-0.1, -0.05) is 48.6 Å². The summed E-state index contributed by atoms with van der Waals surface area (Å²) in [5, 5.41) is 0. The molecule has 0 saturated carbocycles. The van der Waals surface area contributed by atoms with Crippen molar-refractivity contribution in [1.29, 1.82) is 0 Å². The van der Waals surface area contributed by atoms with Crippen molar-refractivity contribution < 1.29 is 0 Å². The maximum absolute atomic E-state index is 2.32. The molecule has 0 spiro atoms. The van der Waals surface area contributed by atoms with Crippen LogP contribution < -0.4 is 4.90 Å². The summed E-state index contributed by atoms with van der Waals surface area (Å²) < 4.78 is 0. The average Bonchev–Trinajstić information content (AvgIpc) is 2.79. The number of hydrogen-bond acceptors (Lipinski definition) is 1. The molecule has 1 heteroatoms. The predicted octanol–water partition coefficient (Wildman–Crippen LogP) is 5.13. The molecule has 0 radical (unpaired) electrons. The van der Waals surface area contributed by atoms with Gasteiger partial charge in [-0.05, 0) is 49.6 Å². The molecule has 0 N–H and O–H groups in total. The molecule has 1 aromatic carbocycles. The summed E-state index contributed by atoms with van der Waals surface area (Å²) in [7, 11) is 0. The van der Waals surface area contributed by atoms with Crippen LogP contribution in [-0.2, 0) is 0 Å². The summed E-state index contributed by atoms with van der Waals surface area (Å²) in [6.45, 7) is 0. The average molecular weight is 261 g/mol. The highest BCUT2D eigenvalue weighted by Crippen LogP contribution is 2.28. The second kappa shape index (κ2) is 6.25. The maximum atomic E-state index is 2.32. The Kier molecular flexibility index (Phi) is 3.98. The number of para-hydroxylation sites is 1. The van der Waals surface area contributed by atoms with Crippen molar-refractivity contribution in [2.75, 3.05) is 4.90 Å². The molecule has 0 bridgehead atoms. The Bertz CT molecular complexity index is 600. The molecule has 100 valence electrons. The molecule has 0 unspecified atom stereocenters. The van der Waals surface area contributed by atoms with E-state index in [0.29, 0.717) is 0 Å². The Hall–Kier alpha value is -2.28. The zero-order valence-electron chi connectivity index (χ0n) is 11.6. The van der Waals surface area contributed by atoms with Crippen molar-refractivity contribution in [3.8, 4) is 0 Å². The van der Waals surface area contributed by atoms with Gasteiger partial charge in [0, 0.05) is 17.1 Å². The van der Waals surface area contributed by atoms with Crippen LogP contribution in [0.5, 0.6) is 0 Å². The second-order valence-electron chi connectivity index (χ2n) is 4.94. The quantitative estimate of drug-likeness (QED) is 0.729.